The Labute approximate surface area is 112 Å². The van der Waals surface area contributed by atoms with Crippen LogP contribution in [0.5, 0.6) is 0 Å². The van der Waals surface area contributed by atoms with E-state index in [1.165, 1.54) is 0 Å². The smallest absolute Gasteiger partial charge is 0.180 e. The molecule has 3 aromatic rings. The minimum Gasteiger partial charge on any atom is -0.467 e. The van der Waals surface area contributed by atoms with E-state index in [9.17, 15) is 0 Å². The van der Waals surface area contributed by atoms with Gasteiger partial charge in [-0.3, -0.25) is 0 Å². The lowest BCUT2D eigenvalue weighted by Crippen LogP contribution is -2.18. The molecule has 0 aliphatic heterocycles. The van der Waals surface area contributed by atoms with Gasteiger partial charge in [-0.05, 0) is 28.1 Å². The number of anilines is 1. The van der Waals surface area contributed by atoms with E-state index in [0.29, 0.717) is 6.54 Å². The number of hydrogen-bond donors (Lipinski definition) is 0. The molecule has 6 heteroatoms. The summed E-state index contributed by atoms with van der Waals surface area (Å²) >= 11 is 3.40. The lowest BCUT2D eigenvalue weighted by molar-refractivity contribution is 0.507. The van der Waals surface area contributed by atoms with E-state index in [2.05, 4.69) is 25.9 Å². The molecular formula is C12H11BrN4O. The fourth-order valence-corrected chi connectivity index (χ4v) is 2.24. The third kappa shape index (κ3) is 1.99. The molecule has 0 aliphatic carbocycles. The van der Waals surface area contributed by atoms with Gasteiger partial charge in [0.05, 0.1) is 12.8 Å². The van der Waals surface area contributed by atoms with Gasteiger partial charge in [0.15, 0.2) is 11.5 Å². The Kier molecular flexibility index (Phi) is 2.79. The van der Waals surface area contributed by atoms with Crippen LogP contribution in [0.3, 0.4) is 0 Å². The number of furan rings is 1. The third-order valence-electron chi connectivity index (χ3n) is 2.66. The number of halogens is 1. The molecule has 0 fully saturated rings. The van der Waals surface area contributed by atoms with Crippen molar-refractivity contribution in [3.05, 3.63) is 47.3 Å². The standard InChI is InChI=1S/C12H11BrN4O/c1-16(7-9-3-2-6-18-9)12-11-14-4-5-17(11)8-10(13)15-12/h2-6,8H,7H2,1H3. The third-order valence-corrected chi connectivity index (χ3v) is 3.04. The van der Waals surface area contributed by atoms with Crippen LogP contribution in [0.25, 0.3) is 5.65 Å². The Morgan fingerprint density at radius 1 is 1.50 bits per heavy atom. The molecular weight excluding hydrogens is 296 g/mol. The molecule has 3 aromatic heterocycles. The predicted octanol–water partition coefficient (Wildman–Crippen LogP) is 2.72. The summed E-state index contributed by atoms with van der Waals surface area (Å²) in [6.07, 6.45) is 7.20. The monoisotopic (exact) mass is 306 g/mol. The first-order valence-corrected chi connectivity index (χ1v) is 6.26. The van der Waals surface area contributed by atoms with Crippen LogP contribution in [0, 0.1) is 0 Å². The average molecular weight is 307 g/mol. The molecule has 0 bridgehead atoms. The zero-order chi connectivity index (χ0) is 12.5. The van der Waals surface area contributed by atoms with Crippen molar-refractivity contribution >= 4 is 27.4 Å². The zero-order valence-corrected chi connectivity index (χ0v) is 11.3. The second-order valence-corrected chi connectivity index (χ2v) is 4.79. The first-order valence-electron chi connectivity index (χ1n) is 5.47. The molecule has 0 aliphatic rings. The van der Waals surface area contributed by atoms with Crippen LogP contribution in [-0.4, -0.2) is 21.4 Å². The average Bonchev–Trinajstić information content (AvgIpc) is 2.97. The summed E-state index contributed by atoms with van der Waals surface area (Å²) in [6.45, 7) is 0.652. The highest BCUT2D eigenvalue weighted by atomic mass is 79.9. The summed E-state index contributed by atoms with van der Waals surface area (Å²) in [5.41, 5.74) is 0.826. The largest absolute Gasteiger partial charge is 0.467 e. The molecule has 0 radical (unpaired) electrons. The molecule has 3 heterocycles. The normalized spacial score (nSPS) is 11.0. The van der Waals surface area contributed by atoms with Crippen LogP contribution in [0.2, 0.25) is 0 Å². The first-order chi connectivity index (χ1) is 8.74. The van der Waals surface area contributed by atoms with Crippen LogP contribution in [0.4, 0.5) is 5.82 Å². The lowest BCUT2D eigenvalue weighted by atomic mass is 10.4. The summed E-state index contributed by atoms with van der Waals surface area (Å²) in [5.74, 6) is 1.70. The summed E-state index contributed by atoms with van der Waals surface area (Å²) in [4.78, 5) is 10.8. The van der Waals surface area contributed by atoms with Gasteiger partial charge in [-0.2, -0.15) is 0 Å². The Balaban J connectivity index is 2.00. The van der Waals surface area contributed by atoms with Crippen LogP contribution in [0.1, 0.15) is 5.76 Å². The second kappa shape index (κ2) is 4.45. The molecule has 0 unspecified atom stereocenters. The van der Waals surface area contributed by atoms with Gasteiger partial charge in [-0.25, -0.2) is 9.97 Å². The Morgan fingerprint density at radius 2 is 2.39 bits per heavy atom. The first kappa shape index (κ1) is 11.3. The Morgan fingerprint density at radius 3 is 3.17 bits per heavy atom. The maximum Gasteiger partial charge on any atom is 0.180 e. The fraction of sp³-hybridized carbons (Fsp3) is 0.167. The van der Waals surface area contributed by atoms with Crippen molar-refractivity contribution in [2.24, 2.45) is 0 Å². The quantitative estimate of drug-likeness (QED) is 0.746. The van der Waals surface area contributed by atoms with Crippen LogP contribution < -0.4 is 4.90 Å². The molecule has 18 heavy (non-hydrogen) atoms. The highest BCUT2D eigenvalue weighted by Gasteiger charge is 2.12. The number of aromatic nitrogens is 3. The highest BCUT2D eigenvalue weighted by Crippen LogP contribution is 2.21. The maximum absolute atomic E-state index is 5.34. The molecule has 0 atom stereocenters. The summed E-state index contributed by atoms with van der Waals surface area (Å²) < 4.78 is 8.05. The van der Waals surface area contributed by atoms with Crippen molar-refractivity contribution in [3.63, 3.8) is 0 Å². The van der Waals surface area contributed by atoms with Crippen LogP contribution in [-0.2, 0) is 6.54 Å². The van der Waals surface area contributed by atoms with E-state index < -0.39 is 0 Å². The number of imidazole rings is 1. The van der Waals surface area contributed by atoms with Crippen LogP contribution >= 0.6 is 15.9 Å². The van der Waals surface area contributed by atoms with Crippen molar-refractivity contribution in [3.8, 4) is 0 Å². The lowest BCUT2D eigenvalue weighted by Gasteiger charge is -2.17. The number of rotatable bonds is 3. The SMILES string of the molecule is CN(Cc1ccco1)c1nc(Br)cn2ccnc12. The predicted molar refractivity (Wildman–Crippen MR) is 71.5 cm³/mol. The minimum atomic E-state index is 0.652. The van der Waals surface area contributed by atoms with Gasteiger partial charge in [-0.1, -0.05) is 0 Å². The Bertz CT molecular complexity index is 662. The van der Waals surface area contributed by atoms with Crippen LogP contribution in [0.15, 0.2) is 46.0 Å². The van der Waals surface area contributed by atoms with Gasteiger partial charge in [0.2, 0.25) is 0 Å². The van der Waals surface area contributed by atoms with Gasteiger partial charge in [-0.15, -0.1) is 0 Å². The molecule has 0 N–H and O–H groups in total. The van der Waals surface area contributed by atoms with Crippen molar-refractivity contribution < 1.29 is 4.42 Å². The summed E-state index contributed by atoms with van der Waals surface area (Å²) in [5, 5.41) is 0. The molecule has 0 spiro atoms. The number of fused-ring (bicyclic) bond motifs is 1. The molecule has 3 rings (SSSR count). The van der Waals surface area contributed by atoms with Crippen molar-refractivity contribution in [1.29, 1.82) is 0 Å². The molecule has 0 amide bonds. The van der Waals surface area contributed by atoms with Crippen molar-refractivity contribution in [2.75, 3.05) is 11.9 Å². The fourth-order valence-electron chi connectivity index (χ4n) is 1.85. The van der Waals surface area contributed by atoms with E-state index in [1.54, 1.807) is 12.5 Å². The van der Waals surface area contributed by atoms with E-state index in [-0.39, 0.29) is 0 Å². The molecule has 0 saturated carbocycles. The molecule has 0 aromatic carbocycles. The topological polar surface area (TPSA) is 46.6 Å². The minimum absolute atomic E-state index is 0.652. The Hall–Kier alpha value is -1.82. The molecule has 92 valence electrons. The van der Waals surface area contributed by atoms with Gasteiger partial charge in [0.25, 0.3) is 0 Å². The van der Waals surface area contributed by atoms with Crippen molar-refractivity contribution in [1.82, 2.24) is 14.4 Å². The second-order valence-electron chi connectivity index (χ2n) is 3.98. The summed E-state index contributed by atoms with van der Waals surface area (Å²) in [7, 11) is 1.96. The number of hydrogen-bond acceptors (Lipinski definition) is 4. The van der Waals surface area contributed by atoms with Gasteiger partial charge >= 0.3 is 0 Å². The van der Waals surface area contributed by atoms with E-state index in [1.807, 2.05) is 40.9 Å². The van der Waals surface area contributed by atoms with Gasteiger partial charge in [0.1, 0.15) is 10.4 Å². The summed E-state index contributed by atoms with van der Waals surface area (Å²) in [6, 6.07) is 3.82. The van der Waals surface area contributed by atoms with Gasteiger partial charge < -0.3 is 13.7 Å². The van der Waals surface area contributed by atoms with E-state index in [0.717, 1.165) is 21.8 Å². The highest BCUT2D eigenvalue weighted by molar-refractivity contribution is 9.10. The van der Waals surface area contributed by atoms with E-state index >= 15 is 0 Å². The maximum atomic E-state index is 5.34. The van der Waals surface area contributed by atoms with Gasteiger partial charge in [0, 0.05) is 25.6 Å². The zero-order valence-electron chi connectivity index (χ0n) is 9.75. The molecule has 0 saturated heterocycles. The number of nitrogens with zero attached hydrogens (tertiary/aromatic N) is 4. The molecule has 5 nitrogen and oxygen atoms in total. The van der Waals surface area contributed by atoms with E-state index in [4.69, 9.17) is 4.42 Å². The van der Waals surface area contributed by atoms with Crippen molar-refractivity contribution in [2.45, 2.75) is 6.54 Å².